The van der Waals surface area contributed by atoms with E-state index in [1.165, 1.54) is 17.5 Å². The number of hydrogen-bond donors (Lipinski definition) is 0. The second-order valence-electron chi connectivity index (χ2n) is 13.3. The molecule has 1 atom stereocenters. The lowest BCUT2D eigenvalue weighted by Gasteiger charge is -2.17. The quantitative estimate of drug-likeness (QED) is 0.168. The Morgan fingerprint density at radius 3 is 1.92 bits per heavy atom. The molecular formula is C46H29FN6. The summed E-state index contributed by atoms with van der Waals surface area (Å²) in [5, 5.41) is 5.54. The summed E-state index contributed by atoms with van der Waals surface area (Å²) in [6.07, 6.45) is 12.9. The molecule has 0 saturated carbocycles. The second kappa shape index (κ2) is 12.7. The van der Waals surface area contributed by atoms with E-state index in [1.54, 1.807) is 18.3 Å². The Morgan fingerprint density at radius 1 is 0.509 bits per heavy atom. The van der Waals surface area contributed by atoms with Crippen LogP contribution in [0.3, 0.4) is 0 Å². The molecule has 0 N–H and O–H groups in total. The number of pyridine rings is 3. The van der Waals surface area contributed by atoms with E-state index >= 15 is 0 Å². The molecule has 0 spiro atoms. The van der Waals surface area contributed by atoms with Crippen LogP contribution in [0, 0.1) is 5.82 Å². The van der Waals surface area contributed by atoms with Gasteiger partial charge in [0.05, 0.1) is 16.6 Å². The number of fused-ring (bicyclic) bond motifs is 6. The molecule has 6 nitrogen and oxygen atoms in total. The highest BCUT2D eigenvalue weighted by Gasteiger charge is 2.20. The van der Waals surface area contributed by atoms with Crippen molar-refractivity contribution in [2.75, 3.05) is 0 Å². The van der Waals surface area contributed by atoms with Gasteiger partial charge in [0.1, 0.15) is 11.6 Å². The zero-order chi connectivity index (χ0) is 35.3. The Bertz CT molecular complexity index is 2940. The topological polar surface area (TPSA) is 77.3 Å². The molecule has 250 valence electrons. The van der Waals surface area contributed by atoms with Crippen LogP contribution >= 0.6 is 0 Å². The molecule has 9 aromatic rings. The minimum Gasteiger partial charge on any atom is -0.255 e. The van der Waals surface area contributed by atoms with E-state index in [1.807, 2.05) is 36.7 Å². The Balaban J connectivity index is 0.966. The third-order valence-electron chi connectivity index (χ3n) is 9.99. The van der Waals surface area contributed by atoms with Crippen molar-refractivity contribution < 1.29 is 4.39 Å². The van der Waals surface area contributed by atoms with Crippen molar-refractivity contribution in [3.63, 3.8) is 0 Å². The van der Waals surface area contributed by atoms with Gasteiger partial charge in [-0.25, -0.2) is 19.3 Å². The van der Waals surface area contributed by atoms with Crippen molar-refractivity contribution in [3.8, 4) is 33.9 Å². The molecule has 4 heterocycles. The maximum Gasteiger partial charge on any atom is 0.163 e. The molecule has 0 aliphatic heterocycles. The van der Waals surface area contributed by atoms with Crippen LogP contribution < -0.4 is 0 Å². The van der Waals surface area contributed by atoms with E-state index in [2.05, 4.69) is 96.0 Å². The molecule has 0 fully saturated rings. The first-order chi connectivity index (χ1) is 26.1. The maximum absolute atomic E-state index is 13.9. The number of nitrogens with zero attached hydrogens (tertiary/aromatic N) is 6. The number of allylic oxidation sites excluding steroid dienone is 4. The average molecular weight is 685 g/mol. The molecule has 1 aliphatic rings. The predicted molar refractivity (Wildman–Crippen MR) is 210 cm³/mol. The third kappa shape index (κ3) is 5.69. The van der Waals surface area contributed by atoms with Gasteiger partial charge in [-0.3, -0.25) is 15.0 Å². The summed E-state index contributed by atoms with van der Waals surface area (Å²) in [5.74, 6) is 1.35. The number of aromatic nitrogens is 6. The fourth-order valence-electron chi connectivity index (χ4n) is 7.18. The largest absolute Gasteiger partial charge is 0.255 e. The molecule has 0 radical (unpaired) electrons. The van der Waals surface area contributed by atoms with Crippen molar-refractivity contribution in [1.82, 2.24) is 29.9 Å². The highest BCUT2D eigenvalue weighted by atomic mass is 19.1. The zero-order valence-corrected chi connectivity index (χ0v) is 28.4. The van der Waals surface area contributed by atoms with Crippen LogP contribution in [0.1, 0.15) is 23.7 Å². The summed E-state index contributed by atoms with van der Waals surface area (Å²) in [5.41, 5.74) is 8.58. The van der Waals surface area contributed by atoms with Gasteiger partial charge in [-0.2, -0.15) is 0 Å². The van der Waals surface area contributed by atoms with Gasteiger partial charge >= 0.3 is 0 Å². The predicted octanol–water partition coefficient (Wildman–Crippen LogP) is 10.9. The van der Waals surface area contributed by atoms with Gasteiger partial charge in [0.15, 0.2) is 11.6 Å². The lowest BCUT2D eigenvalue weighted by molar-refractivity contribution is 0.628. The number of halogens is 1. The van der Waals surface area contributed by atoms with Gasteiger partial charge < -0.3 is 0 Å². The summed E-state index contributed by atoms with van der Waals surface area (Å²) >= 11 is 0. The normalized spacial score (nSPS) is 14.3. The van der Waals surface area contributed by atoms with Gasteiger partial charge in [-0.05, 0) is 65.4 Å². The summed E-state index contributed by atoms with van der Waals surface area (Å²) in [6.45, 7) is 0. The Labute approximate surface area is 304 Å². The van der Waals surface area contributed by atoms with Gasteiger partial charge in [0, 0.05) is 68.3 Å². The lowest BCUT2D eigenvalue weighted by atomic mass is 9.92. The SMILES string of the molecule is Fc1ccc(-c2nc(-c3ccc(-c4cnc5c(ccc6cccnc65)c4)cc3)nc(C3C=CC(c4cnc5c(ccc6ccccc65)c4)=CC3)n2)cc1. The fraction of sp³-hybridized carbons (Fsp3) is 0.0435. The summed E-state index contributed by atoms with van der Waals surface area (Å²) in [4.78, 5) is 29.0. The minimum absolute atomic E-state index is 0.0643. The second-order valence-corrected chi connectivity index (χ2v) is 13.3. The lowest BCUT2D eigenvalue weighted by Crippen LogP contribution is -2.08. The molecule has 1 aliphatic carbocycles. The van der Waals surface area contributed by atoms with Crippen LogP contribution in [0.15, 0.2) is 158 Å². The maximum atomic E-state index is 13.9. The first-order valence-corrected chi connectivity index (χ1v) is 17.6. The molecule has 4 aromatic heterocycles. The minimum atomic E-state index is -0.310. The highest BCUT2D eigenvalue weighted by Crippen LogP contribution is 2.34. The number of benzene rings is 5. The molecule has 7 heteroatoms. The Morgan fingerprint density at radius 2 is 1.13 bits per heavy atom. The molecular weight excluding hydrogens is 656 g/mol. The van der Waals surface area contributed by atoms with Crippen LogP contribution in [0.2, 0.25) is 0 Å². The van der Waals surface area contributed by atoms with Crippen LogP contribution in [-0.2, 0) is 0 Å². The van der Waals surface area contributed by atoms with Crippen LogP contribution in [0.5, 0.6) is 0 Å². The van der Waals surface area contributed by atoms with E-state index in [0.717, 1.165) is 71.5 Å². The van der Waals surface area contributed by atoms with Gasteiger partial charge in [0.2, 0.25) is 0 Å². The van der Waals surface area contributed by atoms with Crippen molar-refractivity contribution >= 4 is 49.1 Å². The average Bonchev–Trinajstić information content (AvgIpc) is 3.23. The summed E-state index contributed by atoms with van der Waals surface area (Å²) in [7, 11) is 0. The van der Waals surface area contributed by atoms with Gasteiger partial charge in [-0.15, -0.1) is 0 Å². The highest BCUT2D eigenvalue weighted by molar-refractivity contribution is 6.06. The monoisotopic (exact) mass is 684 g/mol. The van der Waals surface area contributed by atoms with Crippen molar-refractivity contribution in [2.24, 2.45) is 0 Å². The number of rotatable bonds is 5. The Kier molecular flexibility index (Phi) is 7.35. The molecule has 10 rings (SSSR count). The van der Waals surface area contributed by atoms with Gasteiger partial charge in [-0.1, -0.05) is 97.1 Å². The molecule has 5 aromatic carbocycles. The summed E-state index contributed by atoms with van der Waals surface area (Å²) in [6, 6.07) is 39.6. The van der Waals surface area contributed by atoms with E-state index < -0.39 is 0 Å². The molecule has 0 bridgehead atoms. The smallest absolute Gasteiger partial charge is 0.163 e. The fourth-order valence-corrected chi connectivity index (χ4v) is 7.18. The molecule has 53 heavy (non-hydrogen) atoms. The van der Waals surface area contributed by atoms with Crippen molar-refractivity contribution in [3.05, 3.63) is 175 Å². The van der Waals surface area contributed by atoms with E-state index in [-0.39, 0.29) is 11.7 Å². The van der Waals surface area contributed by atoms with E-state index in [0.29, 0.717) is 23.9 Å². The van der Waals surface area contributed by atoms with Crippen molar-refractivity contribution in [1.29, 1.82) is 0 Å². The van der Waals surface area contributed by atoms with E-state index in [4.69, 9.17) is 24.9 Å². The Hall–Kier alpha value is -6.99. The molecule has 0 saturated heterocycles. The zero-order valence-electron chi connectivity index (χ0n) is 28.4. The molecule has 0 amide bonds. The summed E-state index contributed by atoms with van der Waals surface area (Å²) < 4.78 is 13.9. The van der Waals surface area contributed by atoms with Crippen LogP contribution in [0.25, 0.3) is 83.0 Å². The third-order valence-corrected chi connectivity index (χ3v) is 9.99. The van der Waals surface area contributed by atoms with E-state index in [9.17, 15) is 4.39 Å². The molecule has 1 unspecified atom stereocenters. The van der Waals surface area contributed by atoms with Crippen LogP contribution in [-0.4, -0.2) is 29.9 Å². The van der Waals surface area contributed by atoms with Crippen molar-refractivity contribution in [2.45, 2.75) is 12.3 Å². The number of hydrogen-bond acceptors (Lipinski definition) is 6. The standard InChI is InChI=1S/C46H29FN6/c47-39-21-19-34(20-22-39)46-52-44(32-13-7-28(8-14-32)37-24-35-17-11-30-4-1-2-6-40(30)41(35)49-26-37)51-45(53-46)33-15-9-29(10-16-33)38-25-36-18-12-31-5-3-23-48-42(31)43(36)50-27-38/h1-13,15-27,32H,14H2. The van der Waals surface area contributed by atoms with Gasteiger partial charge in [0.25, 0.3) is 0 Å². The first-order valence-electron chi connectivity index (χ1n) is 17.6. The first kappa shape index (κ1) is 30.8. The van der Waals surface area contributed by atoms with Crippen LogP contribution in [0.4, 0.5) is 4.39 Å².